The summed E-state index contributed by atoms with van der Waals surface area (Å²) in [4.78, 5) is 0. The van der Waals surface area contributed by atoms with Crippen LogP contribution >= 0.6 is 0 Å². The highest BCUT2D eigenvalue weighted by Crippen LogP contribution is 2.45. The zero-order valence-electron chi connectivity index (χ0n) is 6.55. The molecule has 0 aromatic carbocycles. The van der Waals surface area contributed by atoms with Crippen LogP contribution in [0.2, 0.25) is 0 Å². The zero-order chi connectivity index (χ0) is 7.90. The van der Waals surface area contributed by atoms with Crippen LogP contribution in [0, 0.1) is 11.3 Å². The Balaban J connectivity index is 2.40. The lowest BCUT2D eigenvalue weighted by atomic mass is 9.76. The molecule has 0 heterocycles. The van der Waals surface area contributed by atoms with Gasteiger partial charge in [0, 0.05) is 11.3 Å². The third-order valence-electron chi connectivity index (χ3n) is 2.63. The molecular formula is C10H11F. The fraction of sp³-hybridized carbons (Fsp3) is 0.400. The quantitative estimate of drug-likeness (QED) is 0.466. The van der Waals surface area contributed by atoms with Gasteiger partial charge in [0.25, 0.3) is 0 Å². The average Bonchev–Trinajstić information content (AvgIpc) is 2.31. The minimum Gasteiger partial charge on any atom is -0.211 e. The van der Waals surface area contributed by atoms with Crippen LogP contribution in [-0.4, -0.2) is 0 Å². The highest BCUT2D eigenvalue weighted by atomic mass is 19.1. The van der Waals surface area contributed by atoms with Gasteiger partial charge in [-0.2, -0.15) is 0 Å². The van der Waals surface area contributed by atoms with Crippen LogP contribution < -0.4 is 0 Å². The number of fused-ring (bicyclic) bond motifs is 1. The van der Waals surface area contributed by atoms with Crippen molar-refractivity contribution < 1.29 is 4.39 Å². The van der Waals surface area contributed by atoms with E-state index in [1.165, 1.54) is 0 Å². The van der Waals surface area contributed by atoms with Gasteiger partial charge in [0.05, 0.1) is 0 Å². The van der Waals surface area contributed by atoms with Crippen LogP contribution in [0.1, 0.15) is 13.3 Å². The first-order chi connectivity index (χ1) is 5.22. The predicted octanol–water partition coefficient (Wildman–Crippen LogP) is 2.99. The standard InChI is InChI=1S/C10H11F/c1-10-6-2-4-8(10)9(11)5-3-7-10/h2-5,7-8H,6H2,1H3. The van der Waals surface area contributed by atoms with Crippen LogP contribution in [0.5, 0.6) is 0 Å². The maximum atomic E-state index is 13.1. The summed E-state index contributed by atoms with van der Waals surface area (Å²) >= 11 is 0. The van der Waals surface area contributed by atoms with Crippen LogP contribution in [-0.2, 0) is 0 Å². The van der Waals surface area contributed by atoms with Gasteiger partial charge in [0.15, 0.2) is 0 Å². The van der Waals surface area contributed by atoms with Crippen molar-refractivity contribution in [1.82, 2.24) is 0 Å². The number of halogens is 1. The van der Waals surface area contributed by atoms with E-state index < -0.39 is 0 Å². The molecule has 2 aliphatic carbocycles. The SMILES string of the molecule is CC12C=CC=C(F)C1C=CC2. The lowest BCUT2D eigenvalue weighted by Gasteiger charge is -2.29. The summed E-state index contributed by atoms with van der Waals surface area (Å²) < 4.78 is 13.1. The highest BCUT2D eigenvalue weighted by Gasteiger charge is 2.36. The molecule has 2 aliphatic rings. The Morgan fingerprint density at radius 3 is 3.18 bits per heavy atom. The van der Waals surface area contributed by atoms with Crippen molar-refractivity contribution in [2.75, 3.05) is 0 Å². The van der Waals surface area contributed by atoms with Crippen LogP contribution in [0.4, 0.5) is 4.39 Å². The summed E-state index contributed by atoms with van der Waals surface area (Å²) in [6.07, 6.45) is 10.5. The van der Waals surface area contributed by atoms with Crippen molar-refractivity contribution in [1.29, 1.82) is 0 Å². The van der Waals surface area contributed by atoms with Gasteiger partial charge in [-0.25, -0.2) is 4.39 Å². The molecule has 0 radical (unpaired) electrons. The third kappa shape index (κ3) is 0.873. The summed E-state index contributed by atoms with van der Waals surface area (Å²) in [5.74, 6) is 0.0104. The van der Waals surface area contributed by atoms with E-state index in [1.54, 1.807) is 6.08 Å². The highest BCUT2D eigenvalue weighted by molar-refractivity contribution is 5.31. The summed E-state index contributed by atoms with van der Waals surface area (Å²) in [7, 11) is 0. The molecule has 58 valence electrons. The molecule has 1 heteroatoms. The third-order valence-corrected chi connectivity index (χ3v) is 2.63. The normalized spacial score (nSPS) is 40.5. The summed E-state index contributed by atoms with van der Waals surface area (Å²) in [5.41, 5.74) is 0.0266. The second-order valence-corrected chi connectivity index (χ2v) is 3.53. The van der Waals surface area contributed by atoms with Gasteiger partial charge in [-0.3, -0.25) is 0 Å². The molecule has 0 bridgehead atoms. The largest absolute Gasteiger partial charge is 0.211 e. The summed E-state index contributed by atoms with van der Waals surface area (Å²) in [5, 5.41) is 0. The smallest absolute Gasteiger partial charge is 0.108 e. The first kappa shape index (κ1) is 6.84. The monoisotopic (exact) mass is 150 g/mol. The molecule has 0 aromatic rings. The molecule has 0 N–H and O–H groups in total. The Labute approximate surface area is 66.1 Å². The topological polar surface area (TPSA) is 0 Å². The maximum absolute atomic E-state index is 13.1. The molecule has 0 spiro atoms. The van der Waals surface area contributed by atoms with E-state index in [0.717, 1.165) is 6.42 Å². The first-order valence-electron chi connectivity index (χ1n) is 3.94. The van der Waals surface area contributed by atoms with Gasteiger partial charge in [-0.1, -0.05) is 31.2 Å². The molecule has 0 fully saturated rings. The van der Waals surface area contributed by atoms with Crippen molar-refractivity contribution in [3.05, 3.63) is 36.2 Å². The van der Waals surface area contributed by atoms with Gasteiger partial charge in [0.2, 0.25) is 0 Å². The van der Waals surface area contributed by atoms with E-state index in [2.05, 4.69) is 19.1 Å². The van der Waals surface area contributed by atoms with Gasteiger partial charge < -0.3 is 0 Å². The fourth-order valence-corrected chi connectivity index (χ4v) is 1.85. The molecule has 2 unspecified atom stereocenters. The first-order valence-corrected chi connectivity index (χ1v) is 3.94. The molecule has 2 atom stereocenters. The lowest BCUT2D eigenvalue weighted by molar-refractivity contribution is 0.323. The molecular weight excluding hydrogens is 139 g/mol. The average molecular weight is 150 g/mol. The Hall–Kier alpha value is -0.850. The molecule has 0 nitrogen and oxygen atoms in total. The van der Waals surface area contributed by atoms with E-state index in [1.807, 2.05) is 12.2 Å². The van der Waals surface area contributed by atoms with Crippen LogP contribution in [0.25, 0.3) is 0 Å². The fourth-order valence-electron chi connectivity index (χ4n) is 1.85. The molecule has 11 heavy (non-hydrogen) atoms. The zero-order valence-corrected chi connectivity index (χ0v) is 6.55. The Morgan fingerprint density at radius 2 is 2.45 bits per heavy atom. The van der Waals surface area contributed by atoms with E-state index in [0.29, 0.717) is 0 Å². The van der Waals surface area contributed by atoms with E-state index in [-0.39, 0.29) is 17.2 Å². The molecule has 2 rings (SSSR count). The second-order valence-electron chi connectivity index (χ2n) is 3.53. The number of hydrogen-bond donors (Lipinski definition) is 0. The Bertz CT molecular complexity index is 260. The van der Waals surface area contributed by atoms with Crippen molar-refractivity contribution in [3.8, 4) is 0 Å². The van der Waals surface area contributed by atoms with Crippen molar-refractivity contribution in [2.45, 2.75) is 13.3 Å². The van der Waals surface area contributed by atoms with Crippen molar-refractivity contribution in [3.63, 3.8) is 0 Å². The van der Waals surface area contributed by atoms with Crippen molar-refractivity contribution >= 4 is 0 Å². The minimum atomic E-state index is 0.00347. The van der Waals surface area contributed by atoms with Crippen molar-refractivity contribution in [2.24, 2.45) is 11.3 Å². The summed E-state index contributed by atoms with van der Waals surface area (Å²) in [6, 6.07) is 0. The van der Waals surface area contributed by atoms with Gasteiger partial charge in [-0.15, -0.1) is 0 Å². The van der Waals surface area contributed by atoms with Crippen LogP contribution in [0.3, 0.4) is 0 Å². The van der Waals surface area contributed by atoms with Gasteiger partial charge >= 0.3 is 0 Å². The van der Waals surface area contributed by atoms with E-state index in [9.17, 15) is 4.39 Å². The minimum absolute atomic E-state index is 0.00347. The molecule has 0 saturated heterocycles. The van der Waals surface area contributed by atoms with E-state index >= 15 is 0 Å². The number of hydrogen-bond acceptors (Lipinski definition) is 0. The molecule has 0 aliphatic heterocycles. The number of rotatable bonds is 0. The van der Waals surface area contributed by atoms with Gasteiger partial charge in [-0.05, 0) is 12.5 Å². The maximum Gasteiger partial charge on any atom is 0.108 e. The Kier molecular flexibility index (Phi) is 1.28. The second kappa shape index (κ2) is 2.07. The number of allylic oxidation sites excluding steroid dienone is 6. The van der Waals surface area contributed by atoms with Crippen LogP contribution in [0.15, 0.2) is 36.2 Å². The summed E-state index contributed by atoms with van der Waals surface area (Å²) in [6.45, 7) is 2.10. The molecule has 0 amide bonds. The van der Waals surface area contributed by atoms with Gasteiger partial charge in [0.1, 0.15) is 5.83 Å². The predicted molar refractivity (Wildman–Crippen MR) is 43.7 cm³/mol. The van der Waals surface area contributed by atoms with E-state index in [4.69, 9.17) is 0 Å². The lowest BCUT2D eigenvalue weighted by Crippen LogP contribution is -2.21. The Morgan fingerprint density at radius 1 is 1.64 bits per heavy atom. The molecule has 0 saturated carbocycles. The molecule has 0 aromatic heterocycles.